The third-order valence-corrected chi connectivity index (χ3v) is 1.61. The first-order valence-electron chi connectivity index (χ1n) is 3.45. The molecule has 8 heteroatoms. The Balaban J connectivity index is 3.11. The Morgan fingerprint density at radius 3 is 2.53 bits per heavy atom. The number of anilines is 1. The molecule has 0 aliphatic rings. The molecule has 1 aromatic rings. The number of halogens is 4. The maximum Gasteiger partial charge on any atom is 0.574 e. The van der Waals surface area contributed by atoms with Crippen molar-refractivity contribution in [2.75, 3.05) is 5.73 Å². The van der Waals surface area contributed by atoms with Gasteiger partial charge in [-0.2, -0.15) is 10.2 Å². The monoisotopic (exact) mass is 237 g/mol. The number of nitrogen functional groups attached to an aromatic ring is 1. The first kappa shape index (κ1) is 11.4. The van der Waals surface area contributed by atoms with Crippen molar-refractivity contribution in [2.24, 2.45) is 0 Å². The van der Waals surface area contributed by atoms with E-state index in [9.17, 15) is 13.2 Å². The molecule has 0 unspecified atom stereocenters. The van der Waals surface area contributed by atoms with Crippen LogP contribution < -0.4 is 10.5 Å². The molecule has 4 nitrogen and oxygen atoms in total. The first-order valence-corrected chi connectivity index (χ1v) is 3.83. The largest absolute Gasteiger partial charge is 0.574 e. The Hall–Kier alpha value is -1.68. The second-order valence-electron chi connectivity index (χ2n) is 2.36. The van der Waals surface area contributed by atoms with E-state index in [0.717, 1.165) is 6.07 Å². The standard InChI is InChI=1S/C7H3ClF3N3O/c8-4-1-5(15-7(9,10)11)14-6(13)3(4)2-12/h1H,(H2,13,14). The van der Waals surface area contributed by atoms with E-state index >= 15 is 0 Å². The zero-order chi connectivity index (χ0) is 11.6. The van der Waals surface area contributed by atoms with Crippen LogP contribution in [-0.2, 0) is 0 Å². The fourth-order valence-electron chi connectivity index (χ4n) is 0.791. The Bertz CT molecular complexity index is 403. The minimum Gasteiger partial charge on any atom is -0.388 e. The van der Waals surface area contributed by atoms with Crippen LogP contribution in [0.1, 0.15) is 5.56 Å². The van der Waals surface area contributed by atoms with Gasteiger partial charge in [-0.05, 0) is 0 Å². The Morgan fingerprint density at radius 1 is 1.53 bits per heavy atom. The maximum absolute atomic E-state index is 11.8. The first-order chi connectivity index (χ1) is 6.83. The molecular formula is C7H3ClF3N3O. The fraction of sp³-hybridized carbons (Fsp3) is 0.143. The summed E-state index contributed by atoms with van der Waals surface area (Å²) >= 11 is 5.47. The van der Waals surface area contributed by atoms with Gasteiger partial charge in [0, 0.05) is 6.07 Å². The number of nitrogens with zero attached hydrogens (tertiary/aromatic N) is 2. The number of nitrogens with two attached hydrogens (primary N) is 1. The van der Waals surface area contributed by atoms with Gasteiger partial charge in [0.25, 0.3) is 0 Å². The molecule has 0 aliphatic heterocycles. The lowest BCUT2D eigenvalue weighted by Gasteiger charge is -2.09. The van der Waals surface area contributed by atoms with Crippen LogP contribution in [0.3, 0.4) is 0 Å². The molecular weight excluding hydrogens is 235 g/mol. The lowest BCUT2D eigenvalue weighted by Crippen LogP contribution is -2.18. The highest BCUT2D eigenvalue weighted by Gasteiger charge is 2.32. The lowest BCUT2D eigenvalue weighted by atomic mass is 10.3. The van der Waals surface area contributed by atoms with Crippen molar-refractivity contribution in [3.8, 4) is 11.9 Å². The molecule has 0 bridgehead atoms. The summed E-state index contributed by atoms with van der Waals surface area (Å²) in [5.41, 5.74) is 5.00. The van der Waals surface area contributed by atoms with Crippen LogP contribution >= 0.6 is 11.6 Å². The highest BCUT2D eigenvalue weighted by Crippen LogP contribution is 2.28. The molecule has 1 aromatic heterocycles. The van der Waals surface area contributed by atoms with Gasteiger partial charge in [-0.25, -0.2) is 0 Å². The van der Waals surface area contributed by atoms with Crippen LogP contribution in [0.4, 0.5) is 19.0 Å². The van der Waals surface area contributed by atoms with Crippen LogP contribution in [0, 0.1) is 11.3 Å². The van der Waals surface area contributed by atoms with E-state index in [1.165, 1.54) is 0 Å². The number of ether oxygens (including phenoxy) is 1. The molecule has 0 amide bonds. The van der Waals surface area contributed by atoms with Gasteiger partial charge < -0.3 is 10.5 Å². The van der Waals surface area contributed by atoms with Gasteiger partial charge in [0.1, 0.15) is 17.5 Å². The summed E-state index contributed by atoms with van der Waals surface area (Å²) in [5.74, 6) is -1.21. The molecule has 0 aliphatic carbocycles. The highest BCUT2D eigenvalue weighted by molar-refractivity contribution is 6.32. The van der Waals surface area contributed by atoms with E-state index in [0.29, 0.717) is 0 Å². The maximum atomic E-state index is 11.8. The van der Waals surface area contributed by atoms with E-state index in [1.54, 1.807) is 6.07 Å². The van der Waals surface area contributed by atoms with Gasteiger partial charge in [0.15, 0.2) is 0 Å². The van der Waals surface area contributed by atoms with Crippen molar-refractivity contribution >= 4 is 17.4 Å². The predicted octanol–water partition coefficient (Wildman–Crippen LogP) is 2.09. The molecule has 2 N–H and O–H groups in total. The Morgan fingerprint density at radius 2 is 2.13 bits per heavy atom. The summed E-state index contributed by atoms with van der Waals surface area (Å²) in [6.07, 6.45) is -4.88. The number of hydrogen-bond acceptors (Lipinski definition) is 4. The number of nitriles is 1. The van der Waals surface area contributed by atoms with Crippen LogP contribution in [0.25, 0.3) is 0 Å². The van der Waals surface area contributed by atoms with E-state index in [1.807, 2.05) is 0 Å². The Labute approximate surface area is 87.0 Å². The summed E-state index contributed by atoms with van der Waals surface area (Å²) in [5, 5.41) is 8.26. The average Bonchev–Trinajstić information content (AvgIpc) is 1.99. The smallest absolute Gasteiger partial charge is 0.388 e. The number of alkyl halides is 3. The second kappa shape index (κ2) is 3.82. The van der Waals surface area contributed by atoms with Crippen molar-refractivity contribution in [1.82, 2.24) is 4.98 Å². The van der Waals surface area contributed by atoms with E-state index < -0.39 is 18.1 Å². The zero-order valence-corrected chi connectivity index (χ0v) is 7.73. The van der Waals surface area contributed by atoms with Crippen molar-refractivity contribution in [1.29, 1.82) is 5.26 Å². The molecule has 15 heavy (non-hydrogen) atoms. The SMILES string of the molecule is N#Cc1c(Cl)cc(OC(F)(F)F)nc1N. The van der Waals surface area contributed by atoms with Gasteiger partial charge in [-0.3, -0.25) is 0 Å². The van der Waals surface area contributed by atoms with Crippen molar-refractivity contribution in [3.05, 3.63) is 16.7 Å². The molecule has 0 saturated carbocycles. The fourth-order valence-corrected chi connectivity index (χ4v) is 1.02. The van der Waals surface area contributed by atoms with Crippen LogP contribution in [0.5, 0.6) is 5.88 Å². The molecule has 1 rings (SSSR count). The number of aromatic nitrogens is 1. The second-order valence-corrected chi connectivity index (χ2v) is 2.77. The van der Waals surface area contributed by atoms with Crippen LogP contribution in [0.2, 0.25) is 5.02 Å². The summed E-state index contributed by atoms with van der Waals surface area (Å²) < 4.78 is 38.8. The number of rotatable bonds is 1. The number of hydrogen-bond donors (Lipinski definition) is 1. The third kappa shape index (κ3) is 2.89. The average molecular weight is 238 g/mol. The summed E-state index contributed by atoms with van der Waals surface area (Å²) in [4.78, 5) is 3.22. The molecule has 0 radical (unpaired) electrons. The summed E-state index contributed by atoms with van der Waals surface area (Å²) in [6.45, 7) is 0. The highest BCUT2D eigenvalue weighted by atomic mass is 35.5. The van der Waals surface area contributed by atoms with Crippen molar-refractivity contribution < 1.29 is 17.9 Å². The van der Waals surface area contributed by atoms with Gasteiger partial charge in [0.2, 0.25) is 5.88 Å². The van der Waals surface area contributed by atoms with Crippen LogP contribution in [-0.4, -0.2) is 11.3 Å². The minimum absolute atomic E-state index is 0.189. The molecule has 1 heterocycles. The molecule has 0 saturated heterocycles. The number of pyridine rings is 1. The van der Waals surface area contributed by atoms with E-state index in [2.05, 4.69) is 9.72 Å². The predicted molar refractivity (Wildman–Crippen MR) is 45.1 cm³/mol. The summed E-state index contributed by atoms with van der Waals surface area (Å²) in [6, 6.07) is 2.37. The van der Waals surface area contributed by atoms with Gasteiger partial charge >= 0.3 is 6.36 Å². The molecule has 0 spiro atoms. The van der Waals surface area contributed by atoms with Gasteiger partial charge in [-0.15, -0.1) is 13.2 Å². The lowest BCUT2D eigenvalue weighted by molar-refractivity contribution is -0.276. The Kier molecular flexibility index (Phi) is 2.90. The molecule has 0 fully saturated rings. The normalized spacial score (nSPS) is 10.9. The van der Waals surface area contributed by atoms with E-state index in [-0.39, 0.29) is 10.6 Å². The topological polar surface area (TPSA) is 71.9 Å². The van der Waals surface area contributed by atoms with Gasteiger partial charge in [0.05, 0.1) is 5.02 Å². The third-order valence-electron chi connectivity index (χ3n) is 1.31. The van der Waals surface area contributed by atoms with Crippen LogP contribution in [0.15, 0.2) is 6.07 Å². The molecule has 80 valence electrons. The van der Waals surface area contributed by atoms with E-state index in [4.69, 9.17) is 22.6 Å². The zero-order valence-electron chi connectivity index (χ0n) is 6.97. The minimum atomic E-state index is -4.88. The van der Waals surface area contributed by atoms with Crippen molar-refractivity contribution in [2.45, 2.75) is 6.36 Å². The van der Waals surface area contributed by atoms with Gasteiger partial charge in [-0.1, -0.05) is 11.6 Å². The summed E-state index contributed by atoms with van der Waals surface area (Å²) in [7, 11) is 0. The molecule has 0 aromatic carbocycles. The van der Waals surface area contributed by atoms with Crippen molar-refractivity contribution in [3.63, 3.8) is 0 Å². The molecule has 0 atom stereocenters. The quantitative estimate of drug-likeness (QED) is 0.812.